The number of carbonyl (C=O) groups is 1. The number of H-pyrrole nitrogens is 1. The van der Waals surface area contributed by atoms with Gasteiger partial charge in [0.2, 0.25) is 0 Å². The van der Waals surface area contributed by atoms with E-state index in [0.717, 1.165) is 16.4 Å². The highest BCUT2D eigenvalue weighted by atomic mass is 32.2. The molecule has 3 heteroatoms. The van der Waals surface area contributed by atoms with Gasteiger partial charge in [0.15, 0.2) is 5.78 Å². The van der Waals surface area contributed by atoms with Gasteiger partial charge in [-0.1, -0.05) is 0 Å². The van der Waals surface area contributed by atoms with E-state index in [1.165, 1.54) is 0 Å². The SMILES string of the molecule is O=C1C=C(c2ccc[nH]2)SCC1. The molecule has 1 aliphatic heterocycles. The van der Waals surface area contributed by atoms with Crippen molar-refractivity contribution < 1.29 is 4.79 Å². The Morgan fingerprint density at radius 2 is 2.42 bits per heavy atom. The Morgan fingerprint density at radius 3 is 3.08 bits per heavy atom. The van der Waals surface area contributed by atoms with Crippen LogP contribution in [0.3, 0.4) is 0 Å². The van der Waals surface area contributed by atoms with Gasteiger partial charge in [-0.3, -0.25) is 4.79 Å². The van der Waals surface area contributed by atoms with Crippen molar-refractivity contribution in [1.29, 1.82) is 0 Å². The maximum Gasteiger partial charge on any atom is 0.157 e. The van der Waals surface area contributed by atoms with E-state index < -0.39 is 0 Å². The second-order valence-corrected chi connectivity index (χ2v) is 3.79. The lowest BCUT2D eigenvalue weighted by atomic mass is 10.2. The van der Waals surface area contributed by atoms with E-state index in [4.69, 9.17) is 0 Å². The first-order chi connectivity index (χ1) is 5.86. The summed E-state index contributed by atoms with van der Waals surface area (Å²) >= 11 is 1.73. The van der Waals surface area contributed by atoms with Crippen molar-refractivity contribution in [1.82, 2.24) is 4.98 Å². The average Bonchev–Trinajstić information content (AvgIpc) is 2.56. The lowest BCUT2D eigenvalue weighted by Gasteiger charge is -2.09. The van der Waals surface area contributed by atoms with Crippen LogP contribution in [0.1, 0.15) is 12.1 Å². The highest BCUT2D eigenvalue weighted by Gasteiger charge is 2.11. The van der Waals surface area contributed by atoms with Gasteiger partial charge in [0, 0.05) is 23.3 Å². The fraction of sp³-hybridized carbons (Fsp3) is 0.222. The summed E-state index contributed by atoms with van der Waals surface area (Å²) in [5, 5.41) is 0. The van der Waals surface area contributed by atoms with Crippen LogP contribution in [-0.4, -0.2) is 16.5 Å². The van der Waals surface area contributed by atoms with E-state index in [1.807, 2.05) is 18.3 Å². The minimum absolute atomic E-state index is 0.235. The van der Waals surface area contributed by atoms with Crippen LogP contribution in [0.4, 0.5) is 0 Å². The van der Waals surface area contributed by atoms with Crippen LogP contribution >= 0.6 is 11.8 Å². The number of aromatic amines is 1. The number of thioether (sulfide) groups is 1. The molecule has 2 rings (SSSR count). The predicted octanol–water partition coefficient (Wildman–Crippen LogP) is 2.06. The first kappa shape index (κ1) is 7.68. The lowest BCUT2D eigenvalue weighted by molar-refractivity contribution is -0.114. The third kappa shape index (κ3) is 1.46. The van der Waals surface area contributed by atoms with Gasteiger partial charge in [0.25, 0.3) is 0 Å². The predicted molar refractivity (Wildman–Crippen MR) is 50.9 cm³/mol. The van der Waals surface area contributed by atoms with Crippen LogP contribution in [-0.2, 0) is 4.79 Å². The van der Waals surface area contributed by atoms with Gasteiger partial charge in [-0.15, -0.1) is 11.8 Å². The van der Waals surface area contributed by atoms with Crippen molar-refractivity contribution in [2.75, 3.05) is 5.75 Å². The third-order valence-electron chi connectivity index (χ3n) is 1.76. The number of ketones is 1. The normalized spacial score (nSPS) is 17.7. The molecule has 12 heavy (non-hydrogen) atoms. The van der Waals surface area contributed by atoms with Crippen molar-refractivity contribution in [3.8, 4) is 0 Å². The molecule has 0 unspecified atom stereocenters. The third-order valence-corrected chi connectivity index (χ3v) is 2.82. The molecular weight excluding hydrogens is 170 g/mol. The summed E-state index contributed by atoms with van der Waals surface area (Å²) < 4.78 is 0. The molecule has 0 saturated carbocycles. The maximum atomic E-state index is 11.1. The second-order valence-electron chi connectivity index (χ2n) is 2.66. The Labute approximate surface area is 75.1 Å². The zero-order valence-corrected chi connectivity index (χ0v) is 7.36. The topological polar surface area (TPSA) is 32.9 Å². The first-order valence-corrected chi connectivity index (χ1v) is 4.86. The molecule has 0 spiro atoms. The van der Waals surface area contributed by atoms with E-state index in [1.54, 1.807) is 17.8 Å². The smallest absolute Gasteiger partial charge is 0.157 e. The molecule has 1 N–H and O–H groups in total. The summed E-state index contributed by atoms with van der Waals surface area (Å²) in [5.41, 5.74) is 1.05. The standard InChI is InChI=1S/C9H9NOS/c11-7-3-5-12-9(6-7)8-2-1-4-10-8/h1-2,4,6,10H,3,5H2. The number of aromatic nitrogens is 1. The number of rotatable bonds is 1. The number of hydrogen-bond donors (Lipinski definition) is 1. The fourth-order valence-electron chi connectivity index (χ4n) is 1.16. The van der Waals surface area contributed by atoms with Crippen LogP contribution in [0.15, 0.2) is 24.4 Å². The van der Waals surface area contributed by atoms with E-state index in [9.17, 15) is 4.79 Å². The Kier molecular flexibility index (Phi) is 2.04. The number of hydrogen-bond acceptors (Lipinski definition) is 2. The van der Waals surface area contributed by atoms with Gasteiger partial charge in [-0.2, -0.15) is 0 Å². The zero-order chi connectivity index (χ0) is 8.39. The summed E-state index contributed by atoms with van der Waals surface area (Å²) in [6, 6.07) is 3.92. The monoisotopic (exact) mass is 179 g/mol. The van der Waals surface area contributed by atoms with E-state index in [0.29, 0.717) is 6.42 Å². The van der Waals surface area contributed by atoms with Crippen molar-refractivity contribution >= 4 is 22.5 Å². The molecule has 1 aliphatic rings. The van der Waals surface area contributed by atoms with E-state index in [2.05, 4.69) is 4.98 Å². The largest absolute Gasteiger partial charge is 0.361 e. The van der Waals surface area contributed by atoms with Gasteiger partial charge >= 0.3 is 0 Å². The van der Waals surface area contributed by atoms with Crippen molar-refractivity contribution in [2.24, 2.45) is 0 Å². The summed E-state index contributed by atoms with van der Waals surface area (Å²) in [5.74, 6) is 1.14. The molecule has 2 nitrogen and oxygen atoms in total. The quantitative estimate of drug-likeness (QED) is 0.715. The molecule has 1 aromatic rings. The minimum Gasteiger partial charge on any atom is -0.361 e. The van der Waals surface area contributed by atoms with Gasteiger partial charge in [0.1, 0.15) is 0 Å². The zero-order valence-electron chi connectivity index (χ0n) is 6.54. The Hall–Kier alpha value is -0.960. The Balaban J connectivity index is 2.29. The maximum absolute atomic E-state index is 11.1. The molecular formula is C9H9NOS. The van der Waals surface area contributed by atoms with Gasteiger partial charge in [0.05, 0.1) is 5.69 Å². The molecule has 0 saturated heterocycles. The molecule has 62 valence electrons. The Morgan fingerprint density at radius 1 is 1.50 bits per heavy atom. The van der Waals surface area contributed by atoms with E-state index >= 15 is 0 Å². The summed E-state index contributed by atoms with van der Waals surface area (Å²) in [4.78, 5) is 15.2. The van der Waals surface area contributed by atoms with Gasteiger partial charge < -0.3 is 4.98 Å². The minimum atomic E-state index is 0.235. The van der Waals surface area contributed by atoms with Crippen molar-refractivity contribution in [2.45, 2.75) is 6.42 Å². The molecule has 0 radical (unpaired) electrons. The van der Waals surface area contributed by atoms with Crippen molar-refractivity contribution in [3.05, 3.63) is 30.1 Å². The second kappa shape index (κ2) is 3.19. The summed E-state index contributed by atoms with van der Waals surface area (Å²) in [6.07, 6.45) is 4.27. The molecule has 2 heterocycles. The lowest BCUT2D eigenvalue weighted by Crippen LogP contribution is -2.01. The molecule has 0 bridgehead atoms. The molecule has 1 aromatic heterocycles. The van der Waals surface area contributed by atoms with Crippen LogP contribution in [0.5, 0.6) is 0 Å². The average molecular weight is 179 g/mol. The first-order valence-electron chi connectivity index (χ1n) is 3.87. The number of allylic oxidation sites excluding steroid dienone is 1. The molecule has 0 amide bonds. The summed E-state index contributed by atoms with van der Waals surface area (Å²) in [7, 11) is 0. The highest BCUT2D eigenvalue weighted by Crippen LogP contribution is 2.30. The van der Waals surface area contributed by atoms with Crippen LogP contribution in [0.25, 0.3) is 4.91 Å². The van der Waals surface area contributed by atoms with Gasteiger partial charge in [-0.25, -0.2) is 0 Å². The molecule has 0 aliphatic carbocycles. The van der Waals surface area contributed by atoms with Crippen LogP contribution in [0, 0.1) is 0 Å². The van der Waals surface area contributed by atoms with Crippen molar-refractivity contribution in [3.63, 3.8) is 0 Å². The molecule has 0 fully saturated rings. The fourth-order valence-corrected chi connectivity index (χ4v) is 2.18. The van der Waals surface area contributed by atoms with E-state index in [-0.39, 0.29) is 5.78 Å². The molecule has 0 atom stereocenters. The highest BCUT2D eigenvalue weighted by molar-refractivity contribution is 8.08. The van der Waals surface area contributed by atoms with Crippen LogP contribution in [0.2, 0.25) is 0 Å². The van der Waals surface area contributed by atoms with Crippen LogP contribution < -0.4 is 0 Å². The Bertz CT molecular complexity index is 313. The number of carbonyl (C=O) groups excluding carboxylic acids is 1. The molecule has 0 aromatic carbocycles. The van der Waals surface area contributed by atoms with Gasteiger partial charge in [-0.05, 0) is 18.2 Å². The number of nitrogens with one attached hydrogen (secondary N) is 1. The summed E-state index contributed by atoms with van der Waals surface area (Å²) in [6.45, 7) is 0.